The average Bonchev–Trinajstić information content (AvgIpc) is 3.08. The van der Waals surface area contributed by atoms with Gasteiger partial charge in [-0.3, -0.25) is 9.69 Å². The zero-order chi connectivity index (χ0) is 15.4. The van der Waals surface area contributed by atoms with Gasteiger partial charge in [0.05, 0.1) is 19.7 Å². The average molecular weight is 303 g/mol. The molecule has 0 saturated carbocycles. The summed E-state index contributed by atoms with van der Waals surface area (Å²) in [5, 5.41) is 3.40. The summed E-state index contributed by atoms with van der Waals surface area (Å²) in [5.41, 5.74) is 1.17. The van der Waals surface area contributed by atoms with Gasteiger partial charge >= 0.3 is 0 Å². The molecule has 0 aliphatic carbocycles. The molecule has 0 radical (unpaired) electrons. The SMILES string of the molecule is COc1ccc([C@H]2CNCCN2C(=O)CN2CCCC2)cc1. The molecule has 1 atom stereocenters. The molecule has 2 heterocycles. The Balaban J connectivity index is 1.70. The number of likely N-dealkylation sites (tertiary alicyclic amines) is 1. The molecule has 22 heavy (non-hydrogen) atoms. The predicted molar refractivity (Wildman–Crippen MR) is 86.0 cm³/mol. The highest BCUT2D eigenvalue weighted by atomic mass is 16.5. The number of hydrogen-bond donors (Lipinski definition) is 1. The van der Waals surface area contributed by atoms with E-state index < -0.39 is 0 Å². The number of nitrogens with one attached hydrogen (secondary N) is 1. The lowest BCUT2D eigenvalue weighted by molar-refractivity contribution is -0.135. The summed E-state index contributed by atoms with van der Waals surface area (Å²) in [7, 11) is 1.67. The standard InChI is InChI=1S/C17H25N3O2/c1-22-15-6-4-14(5-7-15)16-12-18-8-11-20(16)17(21)13-19-9-2-3-10-19/h4-7,16,18H,2-3,8-13H2,1H3/t16-/m1/s1. The first-order valence-electron chi connectivity index (χ1n) is 8.14. The molecule has 0 aromatic heterocycles. The summed E-state index contributed by atoms with van der Waals surface area (Å²) < 4.78 is 5.22. The number of rotatable bonds is 4. The van der Waals surface area contributed by atoms with Gasteiger partial charge in [0.1, 0.15) is 5.75 Å². The van der Waals surface area contributed by atoms with Crippen LogP contribution in [-0.4, -0.2) is 62.1 Å². The van der Waals surface area contributed by atoms with E-state index >= 15 is 0 Å². The molecule has 2 aliphatic rings. The van der Waals surface area contributed by atoms with Crippen molar-refractivity contribution in [2.24, 2.45) is 0 Å². The van der Waals surface area contributed by atoms with E-state index in [1.54, 1.807) is 7.11 Å². The molecule has 1 N–H and O–H groups in total. The molecule has 1 aromatic rings. The lowest BCUT2D eigenvalue weighted by atomic mass is 10.0. The van der Waals surface area contributed by atoms with Gasteiger partial charge in [-0.1, -0.05) is 12.1 Å². The number of hydrogen-bond acceptors (Lipinski definition) is 4. The van der Waals surface area contributed by atoms with Gasteiger partial charge in [-0.2, -0.15) is 0 Å². The predicted octanol–water partition coefficient (Wildman–Crippen LogP) is 1.26. The molecule has 1 amide bonds. The van der Waals surface area contributed by atoms with Crippen LogP contribution in [0.3, 0.4) is 0 Å². The van der Waals surface area contributed by atoms with E-state index in [0.717, 1.165) is 38.5 Å². The van der Waals surface area contributed by atoms with Gasteiger partial charge in [0.2, 0.25) is 5.91 Å². The van der Waals surface area contributed by atoms with Crippen molar-refractivity contribution in [2.45, 2.75) is 18.9 Å². The third-order valence-corrected chi connectivity index (χ3v) is 4.62. The number of amides is 1. The quantitative estimate of drug-likeness (QED) is 0.910. The molecule has 5 heteroatoms. The Hall–Kier alpha value is -1.59. The van der Waals surface area contributed by atoms with E-state index in [2.05, 4.69) is 22.3 Å². The summed E-state index contributed by atoms with van der Waals surface area (Å²) >= 11 is 0. The molecule has 0 unspecified atom stereocenters. The van der Waals surface area contributed by atoms with Gasteiger partial charge in [0, 0.05) is 19.6 Å². The summed E-state index contributed by atoms with van der Waals surface area (Å²) in [6.45, 7) is 5.16. The molecular weight excluding hydrogens is 278 g/mol. The van der Waals surface area contributed by atoms with Gasteiger partial charge in [0.25, 0.3) is 0 Å². The number of piperazine rings is 1. The third-order valence-electron chi connectivity index (χ3n) is 4.62. The molecule has 2 saturated heterocycles. The zero-order valence-electron chi connectivity index (χ0n) is 13.3. The van der Waals surface area contributed by atoms with Gasteiger partial charge < -0.3 is 15.0 Å². The smallest absolute Gasteiger partial charge is 0.237 e. The van der Waals surface area contributed by atoms with E-state index in [4.69, 9.17) is 4.74 Å². The number of methoxy groups -OCH3 is 1. The van der Waals surface area contributed by atoms with E-state index in [-0.39, 0.29) is 11.9 Å². The number of ether oxygens (including phenoxy) is 1. The topological polar surface area (TPSA) is 44.8 Å². The maximum absolute atomic E-state index is 12.7. The normalized spacial score (nSPS) is 22.8. The summed E-state index contributed by atoms with van der Waals surface area (Å²) in [6, 6.07) is 8.18. The number of benzene rings is 1. The van der Waals surface area contributed by atoms with Crippen molar-refractivity contribution >= 4 is 5.91 Å². The Labute approximate surface area is 132 Å². The first-order chi connectivity index (χ1) is 10.8. The van der Waals surface area contributed by atoms with Crippen LogP contribution >= 0.6 is 0 Å². The molecule has 120 valence electrons. The lowest BCUT2D eigenvalue weighted by Crippen LogP contribution is -2.51. The van der Waals surface area contributed by atoms with Crippen LogP contribution in [0.4, 0.5) is 0 Å². The van der Waals surface area contributed by atoms with Crippen LogP contribution in [-0.2, 0) is 4.79 Å². The first-order valence-corrected chi connectivity index (χ1v) is 8.14. The van der Waals surface area contributed by atoms with Crippen LogP contribution in [0.15, 0.2) is 24.3 Å². The minimum atomic E-state index is 0.120. The third kappa shape index (κ3) is 3.42. The molecule has 0 spiro atoms. The Bertz CT molecular complexity index is 497. The Morgan fingerprint density at radius 1 is 1.23 bits per heavy atom. The lowest BCUT2D eigenvalue weighted by Gasteiger charge is -2.37. The van der Waals surface area contributed by atoms with Crippen molar-refractivity contribution in [3.05, 3.63) is 29.8 Å². The molecule has 1 aromatic carbocycles. The van der Waals surface area contributed by atoms with Gasteiger partial charge in [0.15, 0.2) is 0 Å². The molecular formula is C17H25N3O2. The molecule has 0 bridgehead atoms. The van der Waals surface area contributed by atoms with Crippen LogP contribution in [0.5, 0.6) is 5.75 Å². The second kappa shape index (κ2) is 7.11. The molecule has 2 fully saturated rings. The van der Waals surface area contributed by atoms with Crippen molar-refractivity contribution < 1.29 is 9.53 Å². The Morgan fingerprint density at radius 2 is 1.95 bits per heavy atom. The summed E-state index contributed by atoms with van der Waals surface area (Å²) in [4.78, 5) is 17.0. The maximum atomic E-state index is 12.7. The second-order valence-corrected chi connectivity index (χ2v) is 6.06. The highest BCUT2D eigenvalue weighted by Gasteiger charge is 2.29. The van der Waals surface area contributed by atoms with Crippen molar-refractivity contribution in [1.82, 2.24) is 15.1 Å². The van der Waals surface area contributed by atoms with Gasteiger partial charge in [-0.15, -0.1) is 0 Å². The van der Waals surface area contributed by atoms with Crippen molar-refractivity contribution in [1.29, 1.82) is 0 Å². The van der Waals surface area contributed by atoms with E-state index in [1.807, 2.05) is 17.0 Å². The van der Waals surface area contributed by atoms with Crippen LogP contribution in [0.2, 0.25) is 0 Å². The van der Waals surface area contributed by atoms with Crippen LogP contribution in [0.25, 0.3) is 0 Å². The number of nitrogens with zero attached hydrogens (tertiary/aromatic N) is 2. The summed E-state index contributed by atoms with van der Waals surface area (Å²) in [5.74, 6) is 1.10. The number of carbonyl (C=O) groups excluding carboxylic acids is 1. The monoisotopic (exact) mass is 303 g/mol. The highest BCUT2D eigenvalue weighted by molar-refractivity contribution is 5.79. The fourth-order valence-electron chi connectivity index (χ4n) is 3.35. The van der Waals surface area contributed by atoms with Crippen LogP contribution in [0, 0.1) is 0 Å². The second-order valence-electron chi connectivity index (χ2n) is 6.06. The Morgan fingerprint density at radius 3 is 2.64 bits per heavy atom. The van der Waals surface area contributed by atoms with Crippen molar-refractivity contribution in [2.75, 3.05) is 46.4 Å². The Kier molecular flexibility index (Phi) is 4.95. The fraction of sp³-hybridized carbons (Fsp3) is 0.588. The van der Waals surface area contributed by atoms with Crippen LogP contribution in [0.1, 0.15) is 24.4 Å². The maximum Gasteiger partial charge on any atom is 0.237 e. The van der Waals surface area contributed by atoms with E-state index in [0.29, 0.717) is 6.54 Å². The minimum Gasteiger partial charge on any atom is -0.497 e. The molecule has 5 nitrogen and oxygen atoms in total. The highest BCUT2D eigenvalue weighted by Crippen LogP contribution is 2.24. The number of carbonyl (C=O) groups is 1. The molecule has 3 rings (SSSR count). The minimum absolute atomic E-state index is 0.120. The van der Waals surface area contributed by atoms with Crippen molar-refractivity contribution in [3.63, 3.8) is 0 Å². The van der Waals surface area contributed by atoms with E-state index in [1.165, 1.54) is 18.4 Å². The van der Waals surface area contributed by atoms with Gasteiger partial charge in [-0.05, 0) is 43.6 Å². The van der Waals surface area contributed by atoms with Gasteiger partial charge in [-0.25, -0.2) is 0 Å². The zero-order valence-corrected chi connectivity index (χ0v) is 13.3. The summed E-state index contributed by atoms with van der Waals surface area (Å²) in [6.07, 6.45) is 2.44. The van der Waals surface area contributed by atoms with Crippen molar-refractivity contribution in [3.8, 4) is 5.75 Å². The van der Waals surface area contributed by atoms with Crippen LogP contribution < -0.4 is 10.1 Å². The fourth-order valence-corrected chi connectivity index (χ4v) is 3.35. The first kappa shape index (κ1) is 15.3. The van der Waals surface area contributed by atoms with E-state index in [9.17, 15) is 4.79 Å². The molecule has 2 aliphatic heterocycles. The largest absolute Gasteiger partial charge is 0.497 e.